The highest BCUT2D eigenvalue weighted by molar-refractivity contribution is 6.31. The third-order valence-electron chi connectivity index (χ3n) is 2.75. The number of hydrogen-bond acceptors (Lipinski definition) is 4. The van der Waals surface area contributed by atoms with Gasteiger partial charge in [0.15, 0.2) is 6.61 Å². The number of aryl methyl sites for hydroxylation is 1. The standard InChI is InChI=1S/C16H14ClNO4/c1-11-4-5-12(17)9-14(11)18-15(19)10-22-16(20)7-6-13-3-2-8-21-13/h2-9H,10H2,1H3,(H,18,19). The molecule has 5 nitrogen and oxygen atoms in total. The average Bonchev–Trinajstić information content (AvgIpc) is 3.00. The lowest BCUT2D eigenvalue weighted by molar-refractivity contribution is -0.142. The van der Waals surface area contributed by atoms with E-state index in [-0.39, 0.29) is 6.61 Å². The molecule has 0 atom stereocenters. The number of hydrogen-bond donors (Lipinski definition) is 1. The smallest absolute Gasteiger partial charge is 0.331 e. The predicted octanol–water partition coefficient (Wildman–Crippen LogP) is 3.44. The summed E-state index contributed by atoms with van der Waals surface area (Å²) in [6.45, 7) is 1.46. The third-order valence-corrected chi connectivity index (χ3v) is 2.98. The van der Waals surface area contributed by atoms with Crippen molar-refractivity contribution in [3.05, 3.63) is 59.0 Å². The summed E-state index contributed by atoms with van der Waals surface area (Å²) in [6, 6.07) is 8.54. The van der Waals surface area contributed by atoms with Gasteiger partial charge in [-0.05, 0) is 42.8 Å². The molecule has 0 saturated heterocycles. The quantitative estimate of drug-likeness (QED) is 0.677. The second kappa shape index (κ2) is 7.47. The summed E-state index contributed by atoms with van der Waals surface area (Å²) in [5, 5.41) is 3.15. The number of anilines is 1. The molecule has 6 heteroatoms. The van der Waals surface area contributed by atoms with Gasteiger partial charge in [-0.3, -0.25) is 4.79 Å². The Kier molecular flexibility index (Phi) is 5.38. The average molecular weight is 320 g/mol. The fourth-order valence-electron chi connectivity index (χ4n) is 1.64. The Hall–Kier alpha value is -2.53. The van der Waals surface area contributed by atoms with Crippen molar-refractivity contribution in [3.8, 4) is 0 Å². The van der Waals surface area contributed by atoms with Crippen LogP contribution in [-0.2, 0) is 14.3 Å². The first-order valence-electron chi connectivity index (χ1n) is 6.49. The fraction of sp³-hybridized carbons (Fsp3) is 0.125. The summed E-state index contributed by atoms with van der Waals surface area (Å²) in [5.41, 5.74) is 1.45. The van der Waals surface area contributed by atoms with Crippen LogP contribution in [-0.4, -0.2) is 18.5 Å². The summed E-state index contributed by atoms with van der Waals surface area (Å²) in [7, 11) is 0. The molecule has 1 heterocycles. The molecular weight excluding hydrogens is 306 g/mol. The molecule has 1 amide bonds. The molecule has 0 radical (unpaired) electrons. The summed E-state index contributed by atoms with van der Waals surface area (Å²) in [6.07, 6.45) is 4.14. The Morgan fingerprint density at radius 2 is 2.18 bits per heavy atom. The molecule has 1 N–H and O–H groups in total. The molecule has 0 saturated carbocycles. The van der Waals surface area contributed by atoms with Crippen molar-refractivity contribution in [2.45, 2.75) is 6.92 Å². The zero-order valence-electron chi connectivity index (χ0n) is 11.8. The third kappa shape index (κ3) is 4.79. The molecule has 0 aliphatic carbocycles. The number of carbonyl (C=O) groups is 2. The van der Waals surface area contributed by atoms with Crippen LogP contribution in [0.5, 0.6) is 0 Å². The lowest BCUT2D eigenvalue weighted by Gasteiger charge is -2.08. The molecule has 22 heavy (non-hydrogen) atoms. The number of benzene rings is 1. The highest BCUT2D eigenvalue weighted by atomic mass is 35.5. The zero-order chi connectivity index (χ0) is 15.9. The molecule has 114 valence electrons. The Bertz CT molecular complexity index is 692. The van der Waals surface area contributed by atoms with E-state index in [9.17, 15) is 9.59 Å². The first-order valence-corrected chi connectivity index (χ1v) is 6.87. The van der Waals surface area contributed by atoms with E-state index in [2.05, 4.69) is 5.32 Å². The number of amides is 1. The van der Waals surface area contributed by atoms with E-state index in [1.54, 1.807) is 30.3 Å². The van der Waals surface area contributed by atoms with E-state index in [1.807, 2.05) is 6.92 Å². The van der Waals surface area contributed by atoms with Gasteiger partial charge in [0.1, 0.15) is 5.76 Å². The van der Waals surface area contributed by atoms with E-state index in [0.717, 1.165) is 5.56 Å². The van der Waals surface area contributed by atoms with Crippen LogP contribution in [0, 0.1) is 6.92 Å². The van der Waals surface area contributed by atoms with Crippen molar-refractivity contribution in [1.29, 1.82) is 0 Å². The van der Waals surface area contributed by atoms with Crippen molar-refractivity contribution in [2.75, 3.05) is 11.9 Å². The van der Waals surface area contributed by atoms with Crippen molar-refractivity contribution >= 4 is 35.2 Å². The number of carbonyl (C=O) groups excluding carboxylic acids is 2. The maximum atomic E-state index is 11.7. The molecular formula is C16H14ClNO4. The van der Waals surface area contributed by atoms with Gasteiger partial charge >= 0.3 is 5.97 Å². The Morgan fingerprint density at radius 1 is 1.36 bits per heavy atom. The highest BCUT2D eigenvalue weighted by Crippen LogP contribution is 2.19. The molecule has 0 aliphatic heterocycles. The summed E-state index contributed by atoms with van der Waals surface area (Å²) < 4.78 is 9.86. The zero-order valence-corrected chi connectivity index (χ0v) is 12.6. The largest absolute Gasteiger partial charge is 0.465 e. The second-order valence-corrected chi connectivity index (χ2v) is 4.90. The fourth-order valence-corrected chi connectivity index (χ4v) is 1.81. The van der Waals surface area contributed by atoms with Crippen LogP contribution in [0.3, 0.4) is 0 Å². The van der Waals surface area contributed by atoms with Crippen LogP contribution < -0.4 is 5.32 Å². The monoisotopic (exact) mass is 319 g/mol. The first kappa shape index (κ1) is 15.9. The number of furan rings is 1. The van der Waals surface area contributed by atoms with Gasteiger partial charge in [0.25, 0.3) is 5.91 Å². The first-order chi connectivity index (χ1) is 10.5. The van der Waals surface area contributed by atoms with Crippen molar-refractivity contribution < 1.29 is 18.7 Å². The molecule has 0 spiro atoms. The molecule has 2 rings (SSSR count). The summed E-state index contributed by atoms with van der Waals surface area (Å²) in [4.78, 5) is 23.2. The van der Waals surface area contributed by atoms with Crippen LogP contribution >= 0.6 is 11.6 Å². The number of halogens is 1. The highest BCUT2D eigenvalue weighted by Gasteiger charge is 2.08. The van der Waals surface area contributed by atoms with Gasteiger partial charge in [-0.15, -0.1) is 0 Å². The second-order valence-electron chi connectivity index (χ2n) is 4.46. The molecule has 0 aliphatic rings. The topological polar surface area (TPSA) is 68.5 Å². The Morgan fingerprint density at radius 3 is 2.91 bits per heavy atom. The molecule has 1 aromatic heterocycles. The maximum Gasteiger partial charge on any atom is 0.331 e. The van der Waals surface area contributed by atoms with E-state index in [1.165, 1.54) is 18.4 Å². The van der Waals surface area contributed by atoms with Crippen LogP contribution in [0.25, 0.3) is 6.08 Å². The SMILES string of the molecule is Cc1ccc(Cl)cc1NC(=O)COC(=O)C=Cc1ccco1. The molecule has 0 fully saturated rings. The minimum absolute atomic E-state index is 0.382. The van der Waals surface area contributed by atoms with Gasteiger partial charge in [-0.2, -0.15) is 0 Å². The molecule has 2 aromatic rings. The van der Waals surface area contributed by atoms with Crippen LogP contribution in [0.4, 0.5) is 5.69 Å². The number of nitrogens with one attached hydrogen (secondary N) is 1. The van der Waals surface area contributed by atoms with Gasteiger partial charge in [-0.25, -0.2) is 4.79 Å². The van der Waals surface area contributed by atoms with Gasteiger partial charge in [0.2, 0.25) is 0 Å². The van der Waals surface area contributed by atoms with Crippen molar-refractivity contribution in [2.24, 2.45) is 0 Å². The maximum absolute atomic E-state index is 11.7. The van der Waals surface area contributed by atoms with E-state index in [4.69, 9.17) is 20.8 Å². The number of esters is 1. The lowest BCUT2D eigenvalue weighted by atomic mass is 10.2. The van der Waals surface area contributed by atoms with Crippen LogP contribution in [0.2, 0.25) is 5.02 Å². The predicted molar refractivity (Wildman–Crippen MR) is 83.5 cm³/mol. The van der Waals surface area contributed by atoms with Crippen LogP contribution in [0.1, 0.15) is 11.3 Å². The van der Waals surface area contributed by atoms with Crippen molar-refractivity contribution in [3.63, 3.8) is 0 Å². The van der Waals surface area contributed by atoms with Gasteiger partial charge in [0, 0.05) is 16.8 Å². The van der Waals surface area contributed by atoms with Gasteiger partial charge in [0.05, 0.1) is 6.26 Å². The van der Waals surface area contributed by atoms with Gasteiger partial charge < -0.3 is 14.5 Å². The molecule has 1 aromatic carbocycles. The molecule has 0 unspecified atom stereocenters. The van der Waals surface area contributed by atoms with E-state index < -0.39 is 11.9 Å². The Balaban J connectivity index is 1.82. The van der Waals surface area contributed by atoms with Crippen molar-refractivity contribution in [1.82, 2.24) is 0 Å². The minimum Gasteiger partial charge on any atom is -0.465 e. The van der Waals surface area contributed by atoms with Gasteiger partial charge in [-0.1, -0.05) is 17.7 Å². The number of rotatable bonds is 5. The normalized spacial score (nSPS) is 10.6. The molecule has 0 bridgehead atoms. The number of ether oxygens (including phenoxy) is 1. The summed E-state index contributed by atoms with van der Waals surface area (Å²) >= 11 is 5.86. The van der Waals surface area contributed by atoms with Crippen LogP contribution in [0.15, 0.2) is 47.1 Å². The van der Waals surface area contributed by atoms with E-state index in [0.29, 0.717) is 16.5 Å². The summed E-state index contributed by atoms with van der Waals surface area (Å²) in [5.74, 6) is -0.546. The van der Waals surface area contributed by atoms with E-state index >= 15 is 0 Å². The minimum atomic E-state index is -0.630. The Labute approximate surface area is 132 Å². The lowest BCUT2D eigenvalue weighted by Crippen LogP contribution is -2.20.